The van der Waals surface area contributed by atoms with Gasteiger partial charge in [-0.05, 0) is 49.3 Å². The number of carboxylic acids is 1. The van der Waals surface area contributed by atoms with Crippen molar-refractivity contribution in [3.8, 4) is 11.4 Å². The molecule has 1 aliphatic carbocycles. The number of methoxy groups -OCH3 is 2. The molecule has 0 aliphatic heterocycles. The first-order valence-electron chi connectivity index (χ1n) is 11.3. The predicted octanol–water partition coefficient (Wildman–Crippen LogP) is 4.91. The highest BCUT2D eigenvalue weighted by atomic mass is 19.1. The van der Waals surface area contributed by atoms with E-state index in [4.69, 9.17) is 14.5 Å². The number of aliphatic carboxylic acids is 1. The number of hydrogen-bond donors (Lipinski definition) is 2. The van der Waals surface area contributed by atoms with Gasteiger partial charge < -0.3 is 19.1 Å². The molecule has 1 aromatic carbocycles. The van der Waals surface area contributed by atoms with E-state index in [-0.39, 0.29) is 17.6 Å². The van der Waals surface area contributed by atoms with Gasteiger partial charge in [0.05, 0.1) is 24.3 Å². The molecule has 0 bridgehead atoms. The van der Waals surface area contributed by atoms with E-state index in [0.717, 1.165) is 33.4 Å². The van der Waals surface area contributed by atoms with Gasteiger partial charge in [0, 0.05) is 35.5 Å². The van der Waals surface area contributed by atoms with Gasteiger partial charge in [-0.2, -0.15) is 5.10 Å². The van der Waals surface area contributed by atoms with Crippen molar-refractivity contribution in [1.29, 1.82) is 0 Å². The molecule has 1 fully saturated rings. The summed E-state index contributed by atoms with van der Waals surface area (Å²) in [5.41, 5.74) is 3.84. The van der Waals surface area contributed by atoms with Crippen molar-refractivity contribution >= 4 is 28.0 Å². The second kappa shape index (κ2) is 8.09. The number of rotatable bonds is 6. The number of hydrogen-bond acceptors (Lipinski definition) is 5. The van der Waals surface area contributed by atoms with Gasteiger partial charge in [0.2, 0.25) is 0 Å². The number of aromatic nitrogens is 4. The highest BCUT2D eigenvalue weighted by molar-refractivity contribution is 5.94. The van der Waals surface area contributed by atoms with Crippen LogP contribution in [0.15, 0.2) is 30.5 Å². The monoisotopic (exact) mass is 466 g/mol. The number of carboxylic acid groups (broad SMARTS) is 1. The average molecular weight is 467 g/mol. The lowest BCUT2D eigenvalue weighted by Gasteiger charge is -2.23. The highest BCUT2D eigenvalue weighted by Crippen LogP contribution is 2.48. The van der Waals surface area contributed by atoms with Gasteiger partial charge in [0.15, 0.2) is 22.8 Å². The molecule has 9 heteroatoms. The standard InChI is InChI=1S/C25H27FN4O4/c1-13(2)22-20(14-7-8-25(11-14,34-4)24(31)32)21-18(9-15-12-27-29-23(15)28-21)30(22)16-5-6-17(26)19(10-16)33-3/h5-6,9-10,12-14H,7-8,11H2,1-4H3,(H,31,32)(H,27,28,29)/t14-,25+/m1/s1. The molecule has 0 amide bonds. The van der Waals surface area contributed by atoms with E-state index < -0.39 is 17.4 Å². The van der Waals surface area contributed by atoms with Crippen LogP contribution in [-0.2, 0) is 9.53 Å². The predicted molar refractivity (Wildman–Crippen MR) is 125 cm³/mol. The molecule has 3 heterocycles. The fourth-order valence-corrected chi connectivity index (χ4v) is 5.37. The second-order valence-electron chi connectivity index (χ2n) is 9.22. The molecular weight excluding hydrogens is 439 g/mol. The summed E-state index contributed by atoms with van der Waals surface area (Å²) in [6.07, 6.45) is 3.15. The number of benzene rings is 1. The molecule has 0 saturated heterocycles. The molecule has 2 atom stereocenters. The summed E-state index contributed by atoms with van der Waals surface area (Å²) in [6.45, 7) is 4.19. The molecule has 0 spiro atoms. The van der Waals surface area contributed by atoms with E-state index in [1.165, 1.54) is 20.3 Å². The Bertz CT molecular complexity index is 1410. The third kappa shape index (κ3) is 3.26. The number of pyridine rings is 1. The lowest BCUT2D eigenvalue weighted by molar-refractivity contribution is -0.161. The molecule has 0 radical (unpaired) electrons. The van der Waals surface area contributed by atoms with Crippen LogP contribution in [0, 0.1) is 5.82 Å². The van der Waals surface area contributed by atoms with Gasteiger partial charge in [-0.3, -0.25) is 5.10 Å². The number of nitrogens with one attached hydrogen (secondary N) is 1. The largest absolute Gasteiger partial charge is 0.494 e. The van der Waals surface area contributed by atoms with Gasteiger partial charge in [-0.15, -0.1) is 0 Å². The molecule has 4 aromatic rings. The first-order chi connectivity index (χ1) is 16.3. The summed E-state index contributed by atoms with van der Waals surface area (Å²) < 4.78 is 27.1. The van der Waals surface area contributed by atoms with Gasteiger partial charge in [0.25, 0.3) is 0 Å². The fraction of sp³-hybridized carbons (Fsp3) is 0.400. The summed E-state index contributed by atoms with van der Waals surface area (Å²) in [5, 5.41) is 17.8. The molecule has 1 saturated carbocycles. The molecule has 0 unspecified atom stereocenters. The van der Waals surface area contributed by atoms with Crippen molar-refractivity contribution in [2.24, 2.45) is 0 Å². The van der Waals surface area contributed by atoms with Crippen LogP contribution in [0.2, 0.25) is 0 Å². The number of H-pyrrole nitrogens is 1. The van der Waals surface area contributed by atoms with Gasteiger partial charge >= 0.3 is 5.97 Å². The maximum Gasteiger partial charge on any atom is 0.335 e. The maximum absolute atomic E-state index is 14.2. The topological polar surface area (TPSA) is 102 Å². The SMILES string of the molecule is COc1cc(-n2c(C(C)C)c([C@@H]3CC[C@@](OC)(C(=O)O)C3)c3nc4[nH]ncc4cc32)ccc1F. The van der Waals surface area contributed by atoms with Crippen LogP contribution < -0.4 is 4.74 Å². The second-order valence-corrected chi connectivity index (χ2v) is 9.22. The Labute approximate surface area is 195 Å². The van der Waals surface area contributed by atoms with Crippen molar-refractivity contribution in [1.82, 2.24) is 19.7 Å². The van der Waals surface area contributed by atoms with E-state index in [1.807, 2.05) is 6.07 Å². The minimum atomic E-state index is -1.22. The Morgan fingerprint density at radius 1 is 1.32 bits per heavy atom. The Kier molecular flexibility index (Phi) is 5.31. The first kappa shape index (κ1) is 22.3. The van der Waals surface area contributed by atoms with Crippen LogP contribution in [0.25, 0.3) is 27.8 Å². The molecule has 34 heavy (non-hydrogen) atoms. The minimum absolute atomic E-state index is 0.0626. The lowest BCUT2D eigenvalue weighted by Crippen LogP contribution is -2.37. The summed E-state index contributed by atoms with van der Waals surface area (Å²) in [6, 6.07) is 6.80. The van der Waals surface area contributed by atoms with Crippen LogP contribution >= 0.6 is 0 Å². The number of nitrogens with zero attached hydrogens (tertiary/aromatic N) is 3. The van der Waals surface area contributed by atoms with Gasteiger partial charge in [-0.25, -0.2) is 14.2 Å². The molecule has 5 rings (SSSR count). The van der Waals surface area contributed by atoms with E-state index in [0.29, 0.717) is 24.9 Å². The smallest absolute Gasteiger partial charge is 0.335 e. The minimum Gasteiger partial charge on any atom is -0.494 e. The highest BCUT2D eigenvalue weighted by Gasteiger charge is 2.48. The Hall–Kier alpha value is -3.46. The van der Waals surface area contributed by atoms with Crippen molar-refractivity contribution in [3.63, 3.8) is 0 Å². The number of ether oxygens (including phenoxy) is 2. The van der Waals surface area contributed by atoms with Crippen molar-refractivity contribution in [2.75, 3.05) is 14.2 Å². The van der Waals surface area contributed by atoms with Crippen molar-refractivity contribution in [2.45, 2.75) is 50.5 Å². The summed E-state index contributed by atoms with van der Waals surface area (Å²) in [7, 11) is 2.90. The number of aromatic amines is 1. The zero-order valence-electron chi connectivity index (χ0n) is 19.6. The van der Waals surface area contributed by atoms with E-state index in [2.05, 4.69) is 28.6 Å². The summed E-state index contributed by atoms with van der Waals surface area (Å²) in [4.78, 5) is 17.0. The zero-order valence-corrected chi connectivity index (χ0v) is 19.6. The molecular formula is C25H27FN4O4. The Morgan fingerprint density at radius 2 is 2.12 bits per heavy atom. The van der Waals surface area contributed by atoms with Gasteiger partial charge in [0.1, 0.15) is 0 Å². The van der Waals surface area contributed by atoms with E-state index in [9.17, 15) is 14.3 Å². The molecule has 178 valence electrons. The van der Waals surface area contributed by atoms with E-state index >= 15 is 0 Å². The van der Waals surface area contributed by atoms with Crippen molar-refractivity contribution in [3.05, 3.63) is 47.5 Å². The van der Waals surface area contributed by atoms with Crippen LogP contribution in [0.3, 0.4) is 0 Å². The van der Waals surface area contributed by atoms with Crippen molar-refractivity contribution < 1.29 is 23.8 Å². The number of halogens is 1. The summed E-state index contributed by atoms with van der Waals surface area (Å²) >= 11 is 0. The van der Waals surface area contributed by atoms with E-state index in [1.54, 1.807) is 18.3 Å². The lowest BCUT2D eigenvalue weighted by atomic mass is 9.90. The Balaban J connectivity index is 1.82. The third-order valence-corrected chi connectivity index (χ3v) is 7.02. The Morgan fingerprint density at radius 3 is 2.76 bits per heavy atom. The average Bonchev–Trinajstić information content (AvgIpc) is 3.53. The fourth-order valence-electron chi connectivity index (χ4n) is 5.37. The molecule has 8 nitrogen and oxygen atoms in total. The molecule has 3 aromatic heterocycles. The quantitative estimate of drug-likeness (QED) is 0.419. The van der Waals surface area contributed by atoms with Crippen LogP contribution in [0.1, 0.15) is 56.2 Å². The maximum atomic E-state index is 14.2. The molecule has 2 N–H and O–H groups in total. The summed E-state index contributed by atoms with van der Waals surface area (Å²) in [5.74, 6) is -1.21. The van der Waals surface area contributed by atoms with Crippen LogP contribution in [-0.4, -0.2) is 50.6 Å². The van der Waals surface area contributed by atoms with Crippen LogP contribution in [0.5, 0.6) is 5.75 Å². The number of carbonyl (C=O) groups is 1. The zero-order chi connectivity index (χ0) is 24.2. The third-order valence-electron chi connectivity index (χ3n) is 7.02. The normalized spacial score (nSPS) is 20.6. The molecule has 1 aliphatic rings. The number of fused-ring (bicyclic) bond motifs is 2. The van der Waals surface area contributed by atoms with Gasteiger partial charge in [-0.1, -0.05) is 13.8 Å². The van der Waals surface area contributed by atoms with Crippen LogP contribution in [0.4, 0.5) is 4.39 Å². The first-order valence-corrected chi connectivity index (χ1v) is 11.3.